The van der Waals surface area contributed by atoms with E-state index in [9.17, 15) is 9.59 Å². The van der Waals surface area contributed by atoms with Crippen LogP contribution in [0.1, 0.15) is 44.7 Å². The molecule has 1 aliphatic heterocycles. The van der Waals surface area contributed by atoms with Gasteiger partial charge in [-0.2, -0.15) is 0 Å². The van der Waals surface area contributed by atoms with Crippen molar-refractivity contribution < 1.29 is 9.59 Å². The van der Waals surface area contributed by atoms with Gasteiger partial charge in [-0.25, -0.2) is 9.59 Å². The van der Waals surface area contributed by atoms with Crippen LogP contribution in [-0.2, 0) is 0 Å². The number of hydrogen-bond acceptors (Lipinski definition) is 2. The van der Waals surface area contributed by atoms with Crippen LogP contribution in [0.2, 0.25) is 0 Å². The van der Waals surface area contributed by atoms with Gasteiger partial charge in [-0.15, -0.1) is 0 Å². The number of anilines is 1. The van der Waals surface area contributed by atoms with Gasteiger partial charge < -0.3 is 20.9 Å². The van der Waals surface area contributed by atoms with Crippen molar-refractivity contribution in [3.63, 3.8) is 0 Å². The second kappa shape index (κ2) is 8.43. The molecule has 0 bridgehead atoms. The van der Waals surface area contributed by atoms with Crippen molar-refractivity contribution in [2.45, 2.75) is 53.0 Å². The lowest BCUT2D eigenvalue weighted by Gasteiger charge is -2.34. The van der Waals surface area contributed by atoms with Crippen molar-refractivity contribution in [3.8, 4) is 0 Å². The highest BCUT2D eigenvalue weighted by atomic mass is 16.2. The van der Waals surface area contributed by atoms with Crippen molar-refractivity contribution in [2.24, 2.45) is 5.92 Å². The molecule has 6 heteroatoms. The number of carbonyl (C=O) groups excluding carboxylic acids is 2. The van der Waals surface area contributed by atoms with Crippen molar-refractivity contribution in [1.29, 1.82) is 0 Å². The number of hydrogen-bond donors (Lipinski definition) is 3. The van der Waals surface area contributed by atoms with Gasteiger partial charge in [0.2, 0.25) is 0 Å². The van der Waals surface area contributed by atoms with E-state index in [0.29, 0.717) is 12.5 Å². The van der Waals surface area contributed by atoms with E-state index in [-0.39, 0.29) is 17.6 Å². The highest BCUT2D eigenvalue weighted by Gasteiger charge is 2.25. The Balaban J connectivity index is 1.71. The molecule has 0 radical (unpaired) electrons. The highest BCUT2D eigenvalue weighted by molar-refractivity contribution is 5.89. The molecule has 0 saturated carbocycles. The molecular formula is C20H32N4O2. The number of benzene rings is 1. The van der Waals surface area contributed by atoms with Gasteiger partial charge in [0, 0.05) is 30.9 Å². The molecule has 0 unspecified atom stereocenters. The molecule has 2 rings (SSSR count). The lowest BCUT2D eigenvalue weighted by atomic mass is 9.97. The van der Waals surface area contributed by atoms with E-state index in [1.807, 2.05) is 57.7 Å². The van der Waals surface area contributed by atoms with E-state index in [0.717, 1.165) is 37.2 Å². The Kier molecular flexibility index (Phi) is 6.51. The van der Waals surface area contributed by atoms with Crippen LogP contribution >= 0.6 is 0 Å². The molecule has 6 nitrogen and oxygen atoms in total. The summed E-state index contributed by atoms with van der Waals surface area (Å²) in [6, 6.07) is 5.70. The van der Waals surface area contributed by atoms with Crippen molar-refractivity contribution in [3.05, 3.63) is 29.3 Å². The van der Waals surface area contributed by atoms with Crippen LogP contribution in [0.15, 0.2) is 18.2 Å². The minimum absolute atomic E-state index is 0.00334. The number of amides is 4. The standard InChI is InChI=1S/C20H32N4O2/c1-14-6-7-17(12-15(14)2)22-18(25)21-13-16-8-10-24(11-9-16)19(26)23-20(3,4)5/h6-7,12,16H,8-11,13H2,1-5H3,(H,23,26)(H2,21,22,25). The summed E-state index contributed by atoms with van der Waals surface area (Å²) in [6.07, 6.45) is 1.81. The monoisotopic (exact) mass is 360 g/mol. The second-order valence-electron chi connectivity index (χ2n) is 8.24. The first kappa shape index (κ1) is 20.1. The number of nitrogens with zero attached hydrogens (tertiary/aromatic N) is 1. The predicted octanol–water partition coefficient (Wildman–Crippen LogP) is 3.65. The summed E-state index contributed by atoms with van der Waals surface area (Å²) in [4.78, 5) is 26.1. The zero-order valence-electron chi connectivity index (χ0n) is 16.6. The molecule has 1 aromatic rings. The van der Waals surface area contributed by atoms with Crippen LogP contribution in [0, 0.1) is 19.8 Å². The molecule has 1 heterocycles. The summed E-state index contributed by atoms with van der Waals surface area (Å²) in [7, 11) is 0. The molecule has 0 atom stereocenters. The summed E-state index contributed by atoms with van der Waals surface area (Å²) >= 11 is 0. The number of aryl methyl sites for hydroxylation is 2. The van der Waals surface area contributed by atoms with Gasteiger partial charge in [-0.05, 0) is 76.6 Å². The molecule has 3 N–H and O–H groups in total. The van der Waals surface area contributed by atoms with Crippen LogP contribution in [0.4, 0.5) is 15.3 Å². The SMILES string of the molecule is Cc1ccc(NC(=O)NCC2CCN(C(=O)NC(C)(C)C)CC2)cc1C. The van der Waals surface area contributed by atoms with E-state index in [4.69, 9.17) is 0 Å². The molecule has 4 amide bonds. The molecule has 1 fully saturated rings. The normalized spacial score (nSPS) is 15.5. The summed E-state index contributed by atoms with van der Waals surface area (Å²) in [5.74, 6) is 0.402. The first-order valence-corrected chi connectivity index (χ1v) is 9.33. The zero-order chi connectivity index (χ0) is 19.3. The Morgan fingerprint density at radius 1 is 1.12 bits per heavy atom. The molecule has 1 saturated heterocycles. The summed E-state index contributed by atoms with van der Waals surface area (Å²) in [5, 5.41) is 8.82. The smallest absolute Gasteiger partial charge is 0.319 e. The first-order chi connectivity index (χ1) is 12.1. The van der Waals surface area contributed by atoms with E-state index in [1.165, 1.54) is 5.56 Å². The third-order valence-electron chi connectivity index (χ3n) is 4.70. The molecule has 0 aliphatic carbocycles. The van der Waals surface area contributed by atoms with Crippen LogP contribution < -0.4 is 16.0 Å². The maximum Gasteiger partial charge on any atom is 0.319 e. The minimum Gasteiger partial charge on any atom is -0.338 e. The van der Waals surface area contributed by atoms with Gasteiger partial charge in [-0.3, -0.25) is 0 Å². The van der Waals surface area contributed by atoms with Gasteiger partial charge in [0.05, 0.1) is 0 Å². The third-order valence-corrected chi connectivity index (χ3v) is 4.70. The predicted molar refractivity (Wildman–Crippen MR) is 106 cm³/mol. The molecule has 0 spiro atoms. The van der Waals surface area contributed by atoms with Gasteiger partial charge in [0.15, 0.2) is 0 Å². The number of piperidine rings is 1. The number of carbonyl (C=O) groups is 2. The Morgan fingerprint density at radius 2 is 1.77 bits per heavy atom. The summed E-state index contributed by atoms with van der Waals surface area (Å²) in [5.41, 5.74) is 2.95. The topological polar surface area (TPSA) is 73.5 Å². The van der Waals surface area contributed by atoms with E-state index in [2.05, 4.69) is 16.0 Å². The lowest BCUT2D eigenvalue weighted by molar-refractivity contribution is 0.162. The Morgan fingerprint density at radius 3 is 2.35 bits per heavy atom. The highest BCUT2D eigenvalue weighted by Crippen LogP contribution is 2.17. The van der Waals surface area contributed by atoms with Gasteiger partial charge >= 0.3 is 12.1 Å². The van der Waals surface area contributed by atoms with Crippen molar-refractivity contribution in [1.82, 2.24) is 15.5 Å². The second-order valence-corrected chi connectivity index (χ2v) is 8.24. The fourth-order valence-electron chi connectivity index (χ4n) is 2.97. The fourth-order valence-corrected chi connectivity index (χ4v) is 2.97. The number of likely N-dealkylation sites (tertiary alicyclic amines) is 1. The average molecular weight is 361 g/mol. The van der Waals surface area contributed by atoms with E-state index >= 15 is 0 Å². The van der Waals surface area contributed by atoms with Crippen LogP contribution in [0.5, 0.6) is 0 Å². The Labute approximate surface area is 156 Å². The molecule has 144 valence electrons. The van der Waals surface area contributed by atoms with Crippen LogP contribution in [0.25, 0.3) is 0 Å². The lowest BCUT2D eigenvalue weighted by Crippen LogP contribution is -2.51. The van der Waals surface area contributed by atoms with Crippen molar-refractivity contribution in [2.75, 3.05) is 25.0 Å². The Bertz CT molecular complexity index is 644. The molecule has 1 aliphatic rings. The van der Waals surface area contributed by atoms with E-state index < -0.39 is 0 Å². The van der Waals surface area contributed by atoms with Crippen LogP contribution in [0.3, 0.4) is 0 Å². The third kappa shape index (κ3) is 6.24. The molecule has 0 aromatic heterocycles. The minimum atomic E-state index is -0.220. The summed E-state index contributed by atoms with van der Waals surface area (Å²) < 4.78 is 0. The Hall–Kier alpha value is -2.24. The molecular weight excluding hydrogens is 328 g/mol. The van der Waals surface area contributed by atoms with Gasteiger partial charge in [0.25, 0.3) is 0 Å². The van der Waals surface area contributed by atoms with Crippen molar-refractivity contribution >= 4 is 17.7 Å². The van der Waals surface area contributed by atoms with E-state index in [1.54, 1.807) is 0 Å². The first-order valence-electron chi connectivity index (χ1n) is 9.33. The largest absolute Gasteiger partial charge is 0.338 e. The average Bonchev–Trinajstić information content (AvgIpc) is 2.55. The number of urea groups is 2. The molecule has 26 heavy (non-hydrogen) atoms. The van der Waals surface area contributed by atoms with Gasteiger partial charge in [-0.1, -0.05) is 6.07 Å². The maximum atomic E-state index is 12.2. The number of nitrogens with one attached hydrogen (secondary N) is 3. The zero-order valence-corrected chi connectivity index (χ0v) is 16.6. The summed E-state index contributed by atoms with van der Waals surface area (Å²) in [6.45, 7) is 12.1. The van der Waals surface area contributed by atoms with Gasteiger partial charge in [0.1, 0.15) is 0 Å². The quantitative estimate of drug-likeness (QED) is 0.770. The van der Waals surface area contributed by atoms with Crippen LogP contribution in [-0.4, -0.2) is 42.1 Å². The fraction of sp³-hybridized carbons (Fsp3) is 0.600. The number of rotatable bonds is 3. The maximum absolute atomic E-state index is 12.2. The molecule has 1 aromatic carbocycles.